The van der Waals surface area contributed by atoms with Gasteiger partial charge < -0.3 is 10.1 Å². The van der Waals surface area contributed by atoms with E-state index in [1.165, 1.54) is 27.8 Å². The Hall–Kier alpha value is -2.02. The van der Waals surface area contributed by atoms with Gasteiger partial charge in [0.25, 0.3) is 0 Å². The van der Waals surface area contributed by atoms with Gasteiger partial charge in [0.1, 0.15) is 5.01 Å². The zero-order valence-corrected chi connectivity index (χ0v) is 17.4. The van der Waals surface area contributed by atoms with Crippen LogP contribution in [-0.2, 0) is 32.2 Å². The van der Waals surface area contributed by atoms with Gasteiger partial charge in [-0.3, -0.25) is 4.79 Å². The molecule has 1 N–H and O–H groups in total. The normalized spacial score (nSPS) is 15.8. The van der Waals surface area contributed by atoms with Crippen LogP contribution < -0.4 is 5.32 Å². The van der Waals surface area contributed by atoms with Crippen LogP contribution in [0.2, 0.25) is 0 Å². The van der Waals surface area contributed by atoms with Gasteiger partial charge in [-0.25, -0.2) is 13.4 Å². The second-order valence-corrected chi connectivity index (χ2v) is 9.52. The maximum atomic E-state index is 12.6. The molecule has 1 aliphatic heterocycles. The summed E-state index contributed by atoms with van der Waals surface area (Å²) in [4.78, 5) is 16.4. The van der Waals surface area contributed by atoms with Crippen LogP contribution >= 0.6 is 11.3 Å². The highest BCUT2D eigenvalue weighted by atomic mass is 32.2. The lowest BCUT2D eigenvalue weighted by molar-refractivity contribution is -0.137. The van der Waals surface area contributed by atoms with Gasteiger partial charge in [-0.15, -0.1) is 11.3 Å². The van der Waals surface area contributed by atoms with Crippen molar-refractivity contribution in [2.45, 2.75) is 12.6 Å². The number of hydrogen-bond acceptors (Lipinski definition) is 6. The average Bonchev–Trinajstić information content (AvgIpc) is 3.16. The minimum Gasteiger partial charge on any atom is -0.379 e. The zero-order valence-electron chi connectivity index (χ0n) is 15.8. The maximum absolute atomic E-state index is 12.6. The maximum Gasteiger partial charge on any atom is 0.416 e. The molecule has 1 fully saturated rings. The van der Waals surface area contributed by atoms with E-state index in [9.17, 15) is 26.4 Å². The van der Waals surface area contributed by atoms with Gasteiger partial charge in [0, 0.05) is 30.6 Å². The number of nitrogens with zero attached hydrogens (tertiary/aromatic N) is 2. The van der Waals surface area contributed by atoms with Gasteiger partial charge in [0.2, 0.25) is 15.9 Å². The fraction of sp³-hybridized carbons (Fsp3) is 0.444. The summed E-state index contributed by atoms with van der Waals surface area (Å²) in [6.45, 7) is 1.31. The molecule has 0 bridgehead atoms. The number of benzene rings is 1. The van der Waals surface area contributed by atoms with Crippen molar-refractivity contribution >= 4 is 27.3 Å². The standard InChI is InChI=1S/C18H20F3N3O4S2/c19-18(20,21)14-3-1-13(2-4-14)17-23-15(12-29-17)11-16(25)22-5-10-30(26,27)24-6-8-28-9-7-24/h1-4,12H,5-11H2,(H,22,25). The van der Waals surface area contributed by atoms with Crippen molar-refractivity contribution in [2.24, 2.45) is 0 Å². The number of nitrogens with one attached hydrogen (secondary N) is 1. The van der Waals surface area contributed by atoms with E-state index in [0.29, 0.717) is 42.6 Å². The number of morpholine rings is 1. The summed E-state index contributed by atoms with van der Waals surface area (Å²) < 4.78 is 68.8. The third kappa shape index (κ3) is 6.00. The number of hydrogen-bond donors (Lipinski definition) is 1. The van der Waals surface area contributed by atoms with Crippen LogP contribution in [0.15, 0.2) is 29.6 Å². The first kappa shape index (κ1) is 22.7. The van der Waals surface area contributed by atoms with Crippen molar-refractivity contribution in [2.75, 3.05) is 38.6 Å². The van der Waals surface area contributed by atoms with Crippen LogP contribution in [0.4, 0.5) is 13.2 Å². The molecule has 1 saturated heterocycles. The molecule has 164 valence electrons. The van der Waals surface area contributed by atoms with Crippen LogP contribution in [0.5, 0.6) is 0 Å². The van der Waals surface area contributed by atoms with Crippen LogP contribution in [0, 0.1) is 0 Å². The lowest BCUT2D eigenvalue weighted by Crippen LogP contribution is -2.43. The number of ether oxygens (including phenoxy) is 1. The zero-order chi connectivity index (χ0) is 21.8. The number of sulfonamides is 1. The van der Waals surface area contributed by atoms with Crippen molar-refractivity contribution in [3.63, 3.8) is 0 Å². The second kappa shape index (κ2) is 9.41. The molecule has 0 radical (unpaired) electrons. The Labute approximate surface area is 175 Å². The third-order valence-electron chi connectivity index (χ3n) is 4.40. The van der Waals surface area contributed by atoms with Crippen LogP contribution in [0.3, 0.4) is 0 Å². The van der Waals surface area contributed by atoms with E-state index in [0.717, 1.165) is 12.1 Å². The monoisotopic (exact) mass is 463 g/mol. The number of alkyl halides is 3. The number of aromatic nitrogens is 1. The summed E-state index contributed by atoms with van der Waals surface area (Å²) in [6.07, 6.45) is -4.45. The summed E-state index contributed by atoms with van der Waals surface area (Å²) in [5.74, 6) is -0.580. The molecule has 12 heteroatoms. The van der Waals surface area contributed by atoms with Gasteiger partial charge in [0.05, 0.1) is 36.6 Å². The Bertz CT molecular complexity index is 969. The summed E-state index contributed by atoms with van der Waals surface area (Å²) in [6, 6.07) is 4.64. The number of rotatable bonds is 7. The van der Waals surface area contributed by atoms with E-state index in [4.69, 9.17) is 4.74 Å². The van der Waals surface area contributed by atoms with Crippen molar-refractivity contribution in [1.82, 2.24) is 14.6 Å². The number of carbonyl (C=O) groups is 1. The fourth-order valence-corrected chi connectivity index (χ4v) is 4.97. The first-order valence-corrected chi connectivity index (χ1v) is 11.6. The first-order chi connectivity index (χ1) is 14.1. The molecule has 0 unspecified atom stereocenters. The molecular formula is C18H20F3N3O4S2. The highest BCUT2D eigenvalue weighted by Gasteiger charge is 2.30. The third-order valence-corrected chi connectivity index (χ3v) is 7.21. The molecule has 0 atom stereocenters. The second-order valence-electron chi connectivity index (χ2n) is 6.57. The molecule has 1 aromatic carbocycles. The highest BCUT2D eigenvalue weighted by molar-refractivity contribution is 7.89. The summed E-state index contributed by atoms with van der Waals surface area (Å²) in [7, 11) is -3.45. The quantitative estimate of drug-likeness (QED) is 0.680. The smallest absolute Gasteiger partial charge is 0.379 e. The molecule has 3 rings (SSSR count). The lowest BCUT2D eigenvalue weighted by atomic mass is 10.1. The molecule has 30 heavy (non-hydrogen) atoms. The average molecular weight is 464 g/mol. The first-order valence-electron chi connectivity index (χ1n) is 9.09. The van der Waals surface area contributed by atoms with Crippen molar-refractivity contribution in [1.29, 1.82) is 0 Å². The Balaban J connectivity index is 1.50. The van der Waals surface area contributed by atoms with E-state index in [1.54, 1.807) is 5.38 Å². The minimum atomic E-state index is -4.40. The van der Waals surface area contributed by atoms with Crippen LogP contribution in [0.1, 0.15) is 11.3 Å². The van der Waals surface area contributed by atoms with Crippen molar-refractivity contribution < 1.29 is 31.1 Å². The van der Waals surface area contributed by atoms with Gasteiger partial charge in [-0.05, 0) is 12.1 Å². The predicted molar refractivity (Wildman–Crippen MR) is 105 cm³/mol. The largest absolute Gasteiger partial charge is 0.416 e. The molecule has 2 heterocycles. The van der Waals surface area contributed by atoms with E-state index < -0.39 is 21.8 Å². The lowest BCUT2D eigenvalue weighted by Gasteiger charge is -2.26. The molecule has 7 nitrogen and oxygen atoms in total. The van der Waals surface area contributed by atoms with E-state index in [-0.39, 0.29) is 24.6 Å². The molecule has 1 aromatic heterocycles. The van der Waals surface area contributed by atoms with Gasteiger partial charge in [-0.1, -0.05) is 12.1 Å². The highest BCUT2D eigenvalue weighted by Crippen LogP contribution is 2.31. The van der Waals surface area contributed by atoms with Crippen molar-refractivity contribution in [3.05, 3.63) is 40.9 Å². The molecule has 0 saturated carbocycles. The van der Waals surface area contributed by atoms with E-state index >= 15 is 0 Å². The van der Waals surface area contributed by atoms with Crippen LogP contribution in [-0.4, -0.2) is 62.2 Å². The Morgan fingerprint density at radius 3 is 2.50 bits per heavy atom. The van der Waals surface area contributed by atoms with Gasteiger partial charge >= 0.3 is 6.18 Å². The molecule has 1 aliphatic rings. The Morgan fingerprint density at radius 2 is 1.87 bits per heavy atom. The molecule has 0 spiro atoms. The number of halogens is 3. The summed E-state index contributed by atoms with van der Waals surface area (Å²) in [5.41, 5.74) is 0.245. The molecular weight excluding hydrogens is 443 g/mol. The number of carbonyl (C=O) groups excluding carboxylic acids is 1. The molecule has 2 aromatic rings. The van der Waals surface area contributed by atoms with Crippen LogP contribution in [0.25, 0.3) is 10.6 Å². The van der Waals surface area contributed by atoms with E-state index in [2.05, 4.69) is 10.3 Å². The minimum absolute atomic E-state index is 0.0194. The van der Waals surface area contributed by atoms with E-state index in [1.807, 2.05) is 0 Å². The summed E-state index contributed by atoms with van der Waals surface area (Å²) in [5, 5.41) is 4.71. The predicted octanol–water partition coefficient (Wildman–Crippen LogP) is 2.15. The molecule has 1 amide bonds. The topological polar surface area (TPSA) is 88.6 Å². The fourth-order valence-electron chi connectivity index (χ4n) is 2.82. The summed E-state index contributed by atoms with van der Waals surface area (Å²) >= 11 is 1.22. The molecule has 0 aliphatic carbocycles. The Morgan fingerprint density at radius 1 is 1.20 bits per heavy atom. The van der Waals surface area contributed by atoms with Gasteiger partial charge in [-0.2, -0.15) is 17.5 Å². The number of thiazole rings is 1. The number of amides is 1. The van der Waals surface area contributed by atoms with Gasteiger partial charge in [0.15, 0.2) is 0 Å². The SMILES string of the molecule is O=C(Cc1csc(-c2ccc(C(F)(F)F)cc2)n1)NCCS(=O)(=O)N1CCOCC1. The Kier molecular flexibility index (Phi) is 7.11. The van der Waals surface area contributed by atoms with Crippen molar-refractivity contribution in [3.8, 4) is 10.6 Å².